The molecule has 2 saturated heterocycles. The fraction of sp³-hybridized carbons (Fsp3) is 0.368. The van der Waals surface area contributed by atoms with E-state index < -0.39 is 9.84 Å². The van der Waals surface area contributed by atoms with Gasteiger partial charge in [-0.2, -0.15) is 4.98 Å². The summed E-state index contributed by atoms with van der Waals surface area (Å²) in [6.45, 7) is 1.93. The van der Waals surface area contributed by atoms with Gasteiger partial charge in [0.2, 0.25) is 5.95 Å². The van der Waals surface area contributed by atoms with Crippen LogP contribution in [0.4, 0.5) is 11.8 Å². The number of piperazine rings is 1. The van der Waals surface area contributed by atoms with Crippen LogP contribution in [0.25, 0.3) is 11.0 Å². The number of benzene rings is 1. The number of sulfone groups is 1. The molecule has 0 saturated carbocycles. The molecule has 1 aromatic carbocycles. The predicted octanol–water partition coefficient (Wildman–Crippen LogP) is 1.41. The Balaban J connectivity index is 1.33. The molecule has 0 aliphatic carbocycles. The quantitative estimate of drug-likeness (QED) is 0.679. The highest BCUT2D eigenvalue weighted by molar-refractivity contribution is 7.91. The summed E-state index contributed by atoms with van der Waals surface area (Å²) in [6, 6.07) is 11.6. The van der Waals surface area contributed by atoms with Crippen molar-refractivity contribution in [2.24, 2.45) is 0 Å². The third-order valence-electron chi connectivity index (χ3n) is 5.31. The minimum Gasteiger partial charge on any atom is -0.459 e. The number of hydrogen-bond donors (Lipinski definition) is 2. The van der Waals surface area contributed by atoms with Crippen molar-refractivity contribution >= 4 is 32.6 Å². The first-order chi connectivity index (χ1) is 13.6. The van der Waals surface area contributed by atoms with Gasteiger partial charge in [0, 0.05) is 30.7 Å². The number of para-hydroxylation sites is 1. The number of fused-ring (bicyclic) bond motifs is 2. The van der Waals surface area contributed by atoms with Crippen LogP contribution in [0.15, 0.2) is 47.0 Å². The van der Waals surface area contributed by atoms with Crippen LogP contribution in [0.1, 0.15) is 5.76 Å². The maximum absolute atomic E-state index is 12.1. The van der Waals surface area contributed by atoms with Gasteiger partial charge < -0.3 is 20.0 Å². The van der Waals surface area contributed by atoms with Gasteiger partial charge in [-0.25, -0.2) is 13.4 Å². The molecule has 0 unspecified atom stereocenters. The highest BCUT2D eigenvalue weighted by atomic mass is 32.2. The first-order valence-corrected chi connectivity index (χ1v) is 11.1. The lowest BCUT2D eigenvalue weighted by molar-refractivity contribution is 0.423. The zero-order valence-corrected chi connectivity index (χ0v) is 16.0. The van der Waals surface area contributed by atoms with Crippen LogP contribution in [0, 0.1) is 0 Å². The molecule has 3 aromatic rings. The topological polar surface area (TPSA) is 100 Å². The fourth-order valence-electron chi connectivity index (χ4n) is 4.04. The van der Waals surface area contributed by atoms with Gasteiger partial charge in [0.1, 0.15) is 17.2 Å². The van der Waals surface area contributed by atoms with Crippen molar-refractivity contribution in [2.45, 2.75) is 18.6 Å². The minimum absolute atomic E-state index is 0.0410. The minimum atomic E-state index is -3.01. The molecular weight excluding hydrogens is 378 g/mol. The smallest absolute Gasteiger partial charge is 0.224 e. The van der Waals surface area contributed by atoms with E-state index in [4.69, 9.17) is 4.42 Å². The van der Waals surface area contributed by atoms with Crippen LogP contribution in [0.3, 0.4) is 0 Å². The molecule has 9 heteroatoms. The van der Waals surface area contributed by atoms with Gasteiger partial charge in [-0.1, -0.05) is 18.2 Å². The molecule has 4 heterocycles. The highest BCUT2D eigenvalue weighted by Crippen LogP contribution is 2.26. The number of nitrogens with zero attached hydrogens (tertiary/aromatic N) is 3. The van der Waals surface area contributed by atoms with Crippen LogP contribution in [-0.2, 0) is 16.4 Å². The third-order valence-corrected chi connectivity index (χ3v) is 7.03. The molecule has 2 aliphatic rings. The third kappa shape index (κ3) is 3.31. The zero-order valence-electron chi connectivity index (χ0n) is 15.2. The molecule has 2 fully saturated rings. The van der Waals surface area contributed by atoms with Crippen LogP contribution in [0.5, 0.6) is 0 Å². The van der Waals surface area contributed by atoms with Crippen molar-refractivity contribution in [3.8, 4) is 0 Å². The first-order valence-electron chi connectivity index (χ1n) is 9.32. The largest absolute Gasteiger partial charge is 0.459 e. The van der Waals surface area contributed by atoms with Gasteiger partial charge in [-0.05, 0) is 18.2 Å². The predicted molar refractivity (Wildman–Crippen MR) is 107 cm³/mol. The Morgan fingerprint density at radius 1 is 1.25 bits per heavy atom. The van der Waals surface area contributed by atoms with Crippen molar-refractivity contribution < 1.29 is 12.8 Å². The molecule has 5 rings (SSSR count). The van der Waals surface area contributed by atoms with Gasteiger partial charge >= 0.3 is 0 Å². The van der Waals surface area contributed by atoms with Crippen molar-refractivity contribution in [2.75, 3.05) is 34.8 Å². The summed E-state index contributed by atoms with van der Waals surface area (Å²) in [5.74, 6) is 2.40. The molecule has 2 aliphatic heterocycles. The van der Waals surface area contributed by atoms with Crippen LogP contribution in [0.2, 0.25) is 0 Å². The van der Waals surface area contributed by atoms with Crippen LogP contribution < -0.4 is 15.5 Å². The Morgan fingerprint density at radius 3 is 3.04 bits per heavy atom. The number of nitrogens with one attached hydrogen (secondary N) is 2. The summed E-state index contributed by atoms with van der Waals surface area (Å²) < 4.78 is 29.9. The van der Waals surface area contributed by atoms with Crippen molar-refractivity contribution in [3.63, 3.8) is 0 Å². The van der Waals surface area contributed by atoms with Gasteiger partial charge in [0.05, 0.1) is 24.1 Å². The molecule has 8 nitrogen and oxygen atoms in total. The van der Waals surface area contributed by atoms with Crippen molar-refractivity contribution in [3.05, 3.63) is 48.4 Å². The molecular formula is C19H21N5O3S. The van der Waals surface area contributed by atoms with E-state index in [1.807, 2.05) is 36.4 Å². The molecule has 2 atom stereocenters. The normalized spacial score (nSPS) is 23.6. The van der Waals surface area contributed by atoms with Gasteiger partial charge in [-0.15, -0.1) is 0 Å². The van der Waals surface area contributed by atoms with Gasteiger partial charge in [0.25, 0.3) is 0 Å². The van der Waals surface area contributed by atoms with Crippen LogP contribution >= 0.6 is 0 Å². The van der Waals surface area contributed by atoms with E-state index in [9.17, 15) is 8.42 Å². The van der Waals surface area contributed by atoms with E-state index in [2.05, 4.69) is 25.5 Å². The molecule has 28 heavy (non-hydrogen) atoms. The second-order valence-corrected chi connectivity index (χ2v) is 9.39. The lowest BCUT2D eigenvalue weighted by atomic mass is 10.1. The molecule has 146 valence electrons. The first kappa shape index (κ1) is 17.4. The SMILES string of the molecule is O=S1(=O)C[C@@H]2NCCN(c3ccnc(NCc4cc5ccccc5o4)n3)[C@@H]2C1. The van der Waals surface area contributed by atoms with E-state index in [-0.39, 0.29) is 23.6 Å². The second-order valence-electron chi connectivity index (χ2n) is 7.24. The van der Waals surface area contributed by atoms with Gasteiger partial charge in [-0.3, -0.25) is 0 Å². The maximum atomic E-state index is 12.1. The zero-order chi connectivity index (χ0) is 19.1. The van der Waals surface area contributed by atoms with E-state index >= 15 is 0 Å². The number of rotatable bonds is 4. The van der Waals surface area contributed by atoms with Crippen molar-refractivity contribution in [1.82, 2.24) is 15.3 Å². The number of anilines is 2. The Morgan fingerprint density at radius 2 is 2.14 bits per heavy atom. The van der Waals surface area contributed by atoms with Crippen molar-refractivity contribution in [1.29, 1.82) is 0 Å². The number of furan rings is 1. The lowest BCUT2D eigenvalue weighted by Gasteiger charge is -2.38. The fourth-order valence-corrected chi connectivity index (χ4v) is 5.99. The van der Waals surface area contributed by atoms with E-state index in [0.717, 1.165) is 35.6 Å². The molecule has 2 N–H and O–H groups in total. The summed E-state index contributed by atoms with van der Waals surface area (Å²) in [7, 11) is -3.01. The van der Waals surface area contributed by atoms with Gasteiger partial charge in [0.15, 0.2) is 9.84 Å². The Kier molecular flexibility index (Phi) is 4.21. The number of aromatic nitrogens is 2. The summed E-state index contributed by atoms with van der Waals surface area (Å²) >= 11 is 0. The Hall–Kier alpha value is -2.65. The average molecular weight is 399 g/mol. The standard InChI is InChI=1S/C19H21N5O3S/c25-28(26)11-15-16(12-28)24(8-7-20-15)18-5-6-21-19(23-18)22-10-14-9-13-3-1-2-4-17(13)27-14/h1-6,9,15-16,20H,7-8,10-12H2,(H,21,22,23)/t15-,16+/m0/s1. The van der Waals surface area contributed by atoms with E-state index in [1.165, 1.54) is 0 Å². The summed E-state index contributed by atoms with van der Waals surface area (Å²) in [5, 5.41) is 7.58. The summed E-state index contributed by atoms with van der Waals surface area (Å²) in [4.78, 5) is 11.0. The van der Waals surface area contributed by atoms with E-state index in [0.29, 0.717) is 12.5 Å². The number of hydrogen-bond acceptors (Lipinski definition) is 8. The summed E-state index contributed by atoms with van der Waals surface area (Å²) in [5.41, 5.74) is 0.850. The van der Waals surface area contributed by atoms with Crippen LogP contribution in [-0.4, -0.2) is 55.1 Å². The highest BCUT2D eigenvalue weighted by Gasteiger charge is 2.43. The molecule has 0 amide bonds. The molecule has 0 spiro atoms. The molecule has 0 radical (unpaired) electrons. The monoisotopic (exact) mass is 399 g/mol. The molecule has 0 bridgehead atoms. The maximum Gasteiger partial charge on any atom is 0.224 e. The van der Waals surface area contributed by atoms with E-state index in [1.54, 1.807) is 6.20 Å². The summed E-state index contributed by atoms with van der Waals surface area (Å²) in [6.07, 6.45) is 1.70. The lowest BCUT2D eigenvalue weighted by Crippen LogP contribution is -2.57. The Labute approximate surface area is 162 Å². The molecule has 2 aromatic heterocycles. The second kappa shape index (κ2) is 6.75. The Bertz CT molecular complexity index is 1080. The average Bonchev–Trinajstić information content (AvgIpc) is 3.24.